The fourth-order valence-electron chi connectivity index (χ4n) is 1.77. The Balaban J connectivity index is 2.01. The number of hydrogen-bond donors (Lipinski definition) is 2. The van der Waals surface area contributed by atoms with Gasteiger partial charge in [-0.25, -0.2) is 5.84 Å². The van der Waals surface area contributed by atoms with Gasteiger partial charge in [-0.1, -0.05) is 37.4 Å². The van der Waals surface area contributed by atoms with Crippen LogP contribution in [0.2, 0.25) is 0 Å². The van der Waals surface area contributed by atoms with Crippen LogP contribution in [-0.4, -0.2) is 9.59 Å². The molecule has 0 spiro atoms. The molecule has 0 saturated heterocycles. The summed E-state index contributed by atoms with van der Waals surface area (Å²) in [5.41, 5.74) is 4.78. The van der Waals surface area contributed by atoms with Crippen molar-refractivity contribution >= 4 is 16.5 Å². The topological polar surface area (TPSA) is 73.1 Å². The number of rotatable bonds is 6. The van der Waals surface area contributed by atoms with Crippen molar-refractivity contribution < 1.29 is 4.74 Å². The molecule has 5 nitrogen and oxygen atoms in total. The van der Waals surface area contributed by atoms with Gasteiger partial charge < -0.3 is 10.2 Å². The average Bonchev–Trinajstić information content (AvgIpc) is 2.93. The third-order valence-electron chi connectivity index (χ3n) is 3.58. The lowest BCUT2D eigenvalue weighted by Crippen LogP contribution is -2.15. The summed E-state index contributed by atoms with van der Waals surface area (Å²) in [6, 6.07) is 8.20. The maximum Gasteiger partial charge on any atom is 0.150 e. The number of nitrogens with two attached hydrogens (primary N) is 1. The molecule has 1 heterocycles. The van der Waals surface area contributed by atoms with Crippen LogP contribution in [0.25, 0.3) is 0 Å². The number of nitrogen functional groups attached to an aromatic ring is 1. The lowest BCUT2D eigenvalue weighted by Gasteiger charge is -2.23. The Labute approximate surface area is 123 Å². The summed E-state index contributed by atoms with van der Waals surface area (Å²) in [5, 5.41) is 4.70. The van der Waals surface area contributed by atoms with Crippen LogP contribution in [-0.2, 0) is 12.0 Å². The second kappa shape index (κ2) is 6.19. The van der Waals surface area contributed by atoms with Crippen LogP contribution >= 0.6 is 11.5 Å². The highest BCUT2D eigenvalue weighted by Gasteiger charge is 2.17. The lowest BCUT2D eigenvalue weighted by molar-refractivity contribution is 0.301. The molecule has 20 heavy (non-hydrogen) atoms. The van der Waals surface area contributed by atoms with Gasteiger partial charge in [0.05, 0.1) is 0 Å². The van der Waals surface area contributed by atoms with Crippen molar-refractivity contribution in [2.24, 2.45) is 5.84 Å². The van der Waals surface area contributed by atoms with Crippen LogP contribution in [0.4, 0.5) is 5.00 Å². The van der Waals surface area contributed by atoms with E-state index in [0.29, 0.717) is 6.61 Å². The molecule has 0 bridgehead atoms. The Morgan fingerprint density at radius 2 is 2.00 bits per heavy atom. The Morgan fingerprint density at radius 3 is 2.60 bits per heavy atom. The van der Waals surface area contributed by atoms with Crippen LogP contribution in [0.5, 0.6) is 5.75 Å². The molecule has 0 unspecified atom stereocenters. The number of benzene rings is 1. The van der Waals surface area contributed by atoms with Gasteiger partial charge in [-0.15, -0.1) is 5.10 Å². The number of ether oxygens (including phenoxy) is 1. The van der Waals surface area contributed by atoms with Crippen LogP contribution in [0.15, 0.2) is 24.3 Å². The number of nitrogens with zero attached hydrogens (tertiary/aromatic N) is 2. The Hall–Kier alpha value is -1.66. The van der Waals surface area contributed by atoms with Crippen molar-refractivity contribution in [1.29, 1.82) is 0 Å². The highest BCUT2D eigenvalue weighted by atomic mass is 32.1. The monoisotopic (exact) mass is 292 g/mol. The molecule has 0 saturated carbocycles. The summed E-state index contributed by atoms with van der Waals surface area (Å²) >= 11 is 1.22. The maximum absolute atomic E-state index is 5.70. The molecule has 0 aliphatic heterocycles. The van der Waals surface area contributed by atoms with Crippen LogP contribution in [0, 0.1) is 0 Å². The summed E-state index contributed by atoms with van der Waals surface area (Å²) in [6.07, 6.45) is 1.10. The molecule has 2 aromatic rings. The van der Waals surface area contributed by atoms with Crippen LogP contribution < -0.4 is 16.0 Å². The lowest BCUT2D eigenvalue weighted by atomic mass is 9.82. The quantitative estimate of drug-likeness (QED) is 0.632. The van der Waals surface area contributed by atoms with E-state index in [1.54, 1.807) is 0 Å². The van der Waals surface area contributed by atoms with Crippen molar-refractivity contribution in [1.82, 2.24) is 9.59 Å². The Morgan fingerprint density at radius 1 is 1.30 bits per heavy atom. The molecule has 0 aliphatic carbocycles. The highest BCUT2D eigenvalue weighted by Crippen LogP contribution is 2.28. The van der Waals surface area contributed by atoms with Crippen molar-refractivity contribution in [2.45, 2.75) is 39.2 Å². The molecule has 0 radical (unpaired) electrons. The molecule has 1 aromatic heterocycles. The first-order valence-electron chi connectivity index (χ1n) is 6.58. The van der Waals surface area contributed by atoms with Crippen molar-refractivity contribution in [3.63, 3.8) is 0 Å². The van der Waals surface area contributed by atoms with E-state index in [1.165, 1.54) is 17.1 Å². The van der Waals surface area contributed by atoms with Crippen LogP contribution in [0.3, 0.4) is 0 Å². The predicted molar refractivity (Wildman–Crippen MR) is 81.8 cm³/mol. The zero-order chi connectivity index (χ0) is 14.6. The second-order valence-electron chi connectivity index (χ2n) is 5.24. The first-order chi connectivity index (χ1) is 9.56. The SMILES string of the molecule is CCC(C)(C)c1ccc(OCc2nnsc2NN)cc1. The fraction of sp³-hybridized carbons (Fsp3) is 0.429. The number of aromatic nitrogens is 2. The van der Waals surface area contributed by atoms with E-state index in [-0.39, 0.29) is 5.41 Å². The van der Waals surface area contributed by atoms with E-state index >= 15 is 0 Å². The average molecular weight is 292 g/mol. The van der Waals surface area contributed by atoms with E-state index in [2.05, 4.69) is 47.9 Å². The van der Waals surface area contributed by atoms with Crippen molar-refractivity contribution in [2.75, 3.05) is 5.43 Å². The minimum Gasteiger partial charge on any atom is -0.487 e. The van der Waals surface area contributed by atoms with Crippen LogP contribution in [0.1, 0.15) is 38.4 Å². The molecule has 2 rings (SSSR count). The molecular weight excluding hydrogens is 272 g/mol. The van der Waals surface area contributed by atoms with E-state index in [9.17, 15) is 0 Å². The Bertz CT molecular complexity index is 551. The number of hydrazine groups is 1. The maximum atomic E-state index is 5.70. The second-order valence-corrected chi connectivity index (χ2v) is 6.00. The minimum absolute atomic E-state index is 0.188. The molecule has 0 fully saturated rings. The van der Waals surface area contributed by atoms with Gasteiger partial charge in [0.1, 0.15) is 18.1 Å². The molecule has 108 valence electrons. The fourth-order valence-corrected chi connectivity index (χ4v) is 2.25. The molecule has 0 atom stereocenters. The zero-order valence-electron chi connectivity index (χ0n) is 12.0. The van der Waals surface area contributed by atoms with Gasteiger partial charge in [0.2, 0.25) is 0 Å². The molecular formula is C14H20N4OS. The van der Waals surface area contributed by atoms with Gasteiger partial charge >= 0.3 is 0 Å². The molecule has 3 N–H and O–H groups in total. The molecule has 1 aromatic carbocycles. The predicted octanol–water partition coefficient (Wildman–Crippen LogP) is 3.09. The standard InChI is InChI=1S/C14H20N4OS/c1-4-14(2,3)10-5-7-11(8-6-10)19-9-12-13(16-15)20-18-17-12/h5-8,16H,4,9,15H2,1-3H3. The number of anilines is 1. The first kappa shape index (κ1) is 14.7. The van der Waals surface area contributed by atoms with E-state index in [0.717, 1.165) is 22.9 Å². The van der Waals surface area contributed by atoms with Gasteiger partial charge in [0.15, 0.2) is 5.00 Å². The minimum atomic E-state index is 0.188. The normalized spacial score (nSPS) is 11.4. The summed E-state index contributed by atoms with van der Waals surface area (Å²) in [4.78, 5) is 0. The van der Waals surface area contributed by atoms with E-state index in [4.69, 9.17) is 10.6 Å². The van der Waals surface area contributed by atoms with Crippen molar-refractivity contribution in [3.05, 3.63) is 35.5 Å². The number of hydrogen-bond acceptors (Lipinski definition) is 6. The largest absolute Gasteiger partial charge is 0.487 e. The third kappa shape index (κ3) is 3.26. The smallest absolute Gasteiger partial charge is 0.150 e. The van der Waals surface area contributed by atoms with Gasteiger partial charge in [-0.2, -0.15) is 0 Å². The molecule has 0 amide bonds. The van der Waals surface area contributed by atoms with Gasteiger partial charge in [-0.05, 0) is 29.5 Å². The van der Waals surface area contributed by atoms with E-state index < -0.39 is 0 Å². The van der Waals surface area contributed by atoms with Gasteiger partial charge in [0, 0.05) is 11.5 Å². The summed E-state index contributed by atoms with van der Waals surface area (Å²) in [5.74, 6) is 6.19. The first-order valence-corrected chi connectivity index (χ1v) is 7.35. The molecule has 0 aliphatic rings. The Kier molecular flexibility index (Phi) is 4.57. The van der Waals surface area contributed by atoms with Gasteiger partial charge in [-0.3, -0.25) is 0 Å². The third-order valence-corrected chi connectivity index (χ3v) is 4.28. The summed E-state index contributed by atoms with van der Waals surface area (Å²) in [7, 11) is 0. The molecule has 6 heteroatoms. The highest BCUT2D eigenvalue weighted by molar-refractivity contribution is 7.10. The van der Waals surface area contributed by atoms with E-state index in [1.807, 2.05) is 12.1 Å². The summed E-state index contributed by atoms with van der Waals surface area (Å²) < 4.78 is 9.53. The van der Waals surface area contributed by atoms with Gasteiger partial charge in [0.25, 0.3) is 0 Å². The van der Waals surface area contributed by atoms with Crippen molar-refractivity contribution in [3.8, 4) is 5.75 Å². The zero-order valence-corrected chi connectivity index (χ0v) is 12.8. The summed E-state index contributed by atoms with van der Waals surface area (Å²) in [6.45, 7) is 7.03. The number of nitrogens with one attached hydrogen (secondary N) is 1.